The molecule has 0 unspecified atom stereocenters. The number of carbonyl (C=O) groups is 1. The zero-order valence-electron chi connectivity index (χ0n) is 20.4. The van der Waals surface area contributed by atoms with E-state index in [-0.39, 0.29) is 11.1 Å². The summed E-state index contributed by atoms with van der Waals surface area (Å²) in [6.45, 7) is 0. The number of hydrogen-bond acceptors (Lipinski definition) is 6. The Balaban J connectivity index is 0.000000448. The van der Waals surface area contributed by atoms with Crippen LogP contribution < -0.4 is 16.4 Å². The zero-order valence-corrected chi connectivity index (χ0v) is 21.2. The van der Waals surface area contributed by atoms with Gasteiger partial charge in [0, 0.05) is 23.8 Å². The Bertz CT molecular complexity index is 1440. The Hall–Kier alpha value is -3.90. The number of rotatable bonds is 5. The maximum Gasteiger partial charge on any atom is 0.490 e. The number of benzene rings is 2. The monoisotopic (exact) mass is 564 g/mol. The van der Waals surface area contributed by atoms with Gasteiger partial charge in [0.15, 0.2) is 5.65 Å². The van der Waals surface area contributed by atoms with Gasteiger partial charge in [-0.15, -0.1) is 0 Å². The minimum Gasteiger partial charge on any atom is -0.475 e. The first-order valence-electron chi connectivity index (χ1n) is 12.0. The summed E-state index contributed by atoms with van der Waals surface area (Å²) in [5.74, 6) is -1.71. The molecular formula is C26H25ClF4N6O2. The molecule has 8 nitrogen and oxygen atoms in total. The van der Waals surface area contributed by atoms with Gasteiger partial charge in [-0.25, -0.2) is 14.2 Å². The van der Waals surface area contributed by atoms with Crippen molar-refractivity contribution in [3.63, 3.8) is 0 Å². The van der Waals surface area contributed by atoms with Gasteiger partial charge in [0.1, 0.15) is 17.5 Å². The third-order valence-corrected chi connectivity index (χ3v) is 6.42. The molecule has 0 bridgehead atoms. The highest BCUT2D eigenvalue weighted by Gasteiger charge is 2.38. The van der Waals surface area contributed by atoms with E-state index < -0.39 is 18.0 Å². The SMILES string of the molecule is NC1CCC(Nc2nc3ccnn3c(Nc3ccc(F)c(Cl)c3)c2-c2ccccc2)CC1.O=C(O)C(F)(F)F. The Morgan fingerprint density at radius 2 is 1.74 bits per heavy atom. The van der Waals surface area contributed by atoms with E-state index in [0.717, 1.165) is 48.4 Å². The van der Waals surface area contributed by atoms with E-state index in [4.69, 9.17) is 32.2 Å². The molecule has 1 saturated carbocycles. The Kier molecular flexibility index (Phi) is 8.56. The molecule has 1 aliphatic rings. The number of hydrogen-bond donors (Lipinski definition) is 4. The Labute approximate surface area is 225 Å². The first-order valence-corrected chi connectivity index (χ1v) is 12.4. The summed E-state index contributed by atoms with van der Waals surface area (Å²) in [6.07, 6.45) is 0.609. The molecule has 5 rings (SSSR count). The summed E-state index contributed by atoms with van der Waals surface area (Å²) in [6, 6.07) is 17.0. The van der Waals surface area contributed by atoms with Crippen molar-refractivity contribution in [2.45, 2.75) is 43.9 Å². The van der Waals surface area contributed by atoms with Crippen LogP contribution in [0.25, 0.3) is 16.8 Å². The maximum absolute atomic E-state index is 13.7. The molecular weight excluding hydrogens is 540 g/mol. The van der Waals surface area contributed by atoms with Gasteiger partial charge in [-0.1, -0.05) is 41.9 Å². The van der Waals surface area contributed by atoms with E-state index in [9.17, 15) is 17.6 Å². The van der Waals surface area contributed by atoms with Crippen LogP contribution in [0, 0.1) is 5.82 Å². The van der Waals surface area contributed by atoms with Crippen LogP contribution in [0.15, 0.2) is 60.8 Å². The number of carboxylic acid groups (broad SMARTS) is 1. The number of nitrogens with zero attached hydrogens (tertiary/aromatic N) is 3. The van der Waals surface area contributed by atoms with E-state index in [1.54, 1.807) is 22.8 Å². The molecule has 2 heterocycles. The first kappa shape index (κ1) is 28.1. The lowest BCUT2D eigenvalue weighted by atomic mass is 9.91. The van der Waals surface area contributed by atoms with E-state index in [0.29, 0.717) is 17.4 Å². The lowest BCUT2D eigenvalue weighted by Gasteiger charge is -2.28. The predicted molar refractivity (Wildman–Crippen MR) is 141 cm³/mol. The molecule has 39 heavy (non-hydrogen) atoms. The van der Waals surface area contributed by atoms with Crippen LogP contribution in [-0.2, 0) is 4.79 Å². The molecule has 0 atom stereocenters. The average Bonchev–Trinajstić information content (AvgIpc) is 3.37. The summed E-state index contributed by atoms with van der Waals surface area (Å²) in [5.41, 5.74) is 9.34. The second-order valence-electron chi connectivity index (χ2n) is 8.96. The molecule has 13 heteroatoms. The topological polar surface area (TPSA) is 118 Å². The van der Waals surface area contributed by atoms with Gasteiger partial charge in [0.2, 0.25) is 0 Å². The number of aromatic nitrogens is 3. The molecule has 206 valence electrons. The smallest absolute Gasteiger partial charge is 0.475 e. The fourth-order valence-electron chi connectivity index (χ4n) is 4.21. The third-order valence-electron chi connectivity index (χ3n) is 6.13. The number of anilines is 3. The number of aliphatic carboxylic acids is 1. The number of nitrogens with one attached hydrogen (secondary N) is 2. The fraction of sp³-hybridized carbons (Fsp3) is 0.269. The van der Waals surface area contributed by atoms with Crippen molar-refractivity contribution < 1.29 is 27.5 Å². The zero-order chi connectivity index (χ0) is 28.2. The standard InChI is InChI=1S/C24H24ClFN6.C2HF3O2/c25-19-14-18(10-11-20(19)26)30-24-22(15-4-2-1-3-5-15)23(31-21-12-13-28-32(21)24)29-17-8-6-16(27)7-9-17;3-2(4,5)1(6)7/h1-5,10-14,16-17,30H,6-9,27H2,(H,29,31);(H,6,7). The van der Waals surface area contributed by atoms with Crippen LogP contribution in [0.5, 0.6) is 0 Å². The lowest BCUT2D eigenvalue weighted by molar-refractivity contribution is -0.192. The van der Waals surface area contributed by atoms with Gasteiger partial charge in [-0.2, -0.15) is 22.8 Å². The summed E-state index contributed by atoms with van der Waals surface area (Å²) < 4.78 is 47.2. The highest BCUT2D eigenvalue weighted by Crippen LogP contribution is 2.38. The van der Waals surface area contributed by atoms with Crippen molar-refractivity contribution in [3.8, 4) is 11.1 Å². The van der Waals surface area contributed by atoms with E-state index >= 15 is 0 Å². The van der Waals surface area contributed by atoms with Crippen molar-refractivity contribution in [3.05, 3.63) is 71.6 Å². The minimum atomic E-state index is -5.08. The number of nitrogens with two attached hydrogens (primary N) is 1. The predicted octanol–water partition coefficient (Wildman–Crippen LogP) is 6.25. The van der Waals surface area contributed by atoms with E-state index in [2.05, 4.69) is 15.7 Å². The van der Waals surface area contributed by atoms with E-state index in [1.165, 1.54) is 6.07 Å². The molecule has 0 aliphatic heterocycles. The molecule has 1 fully saturated rings. The van der Waals surface area contributed by atoms with Crippen LogP contribution in [0.1, 0.15) is 25.7 Å². The number of alkyl halides is 3. The third kappa shape index (κ3) is 6.95. The van der Waals surface area contributed by atoms with Crippen molar-refractivity contribution in [1.82, 2.24) is 14.6 Å². The highest BCUT2D eigenvalue weighted by molar-refractivity contribution is 6.31. The minimum absolute atomic E-state index is 0.0546. The largest absolute Gasteiger partial charge is 0.490 e. The molecule has 5 N–H and O–H groups in total. The summed E-state index contributed by atoms with van der Waals surface area (Å²) in [4.78, 5) is 13.8. The highest BCUT2D eigenvalue weighted by atomic mass is 35.5. The van der Waals surface area contributed by atoms with Gasteiger partial charge in [-0.3, -0.25) is 0 Å². The molecule has 2 aromatic carbocycles. The Morgan fingerprint density at radius 1 is 1.08 bits per heavy atom. The lowest BCUT2D eigenvalue weighted by Crippen LogP contribution is -2.33. The molecule has 0 amide bonds. The van der Waals surface area contributed by atoms with Crippen LogP contribution in [-0.4, -0.2) is 43.9 Å². The second kappa shape index (κ2) is 11.9. The van der Waals surface area contributed by atoms with Crippen molar-refractivity contribution in [2.24, 2.45) is 5.73 Å². The van der Waals surface area contributed by atoms with Crippen LogP contribution in [0.3, 0.4) is 0 Å². The molecule has 0 spiro atoms. The van der Waals surface area contributed by atoms with Gasteiger partial charge < -0.3 is 21.5 Å². The average molecular weight is 565 g/mol. The van der Waals surface area contributed by atoms with E-state index in [1.807, 2.05) is 36.4 Å². The van der Waals surface area contributed by atoms with Crippen LogP contribution >= 0.6 is 11.6 Å². The van der Waals surface area contributed by atoms with Crippen LogP contribution in [0.4, 0.5) is 34.9 Å². The first-order chi connectivity index (χ1) is 18.5. The number of carboxylic acids is 1. The number of fused-ring (bicyclic) bond motifs is 1. The second-order valence-corrected chi connectivity index (χ2v) is 9.37. The molecule has 1 aliphatic carbocycles. The van der Waals surface area contributed by atoms with Gasteiger partial charge >= 0.3 is 12.1 Å². The van der Waals surface area contributed by atoms with Gasteiger partial charge in [-0.05, 0) is 49.4 Å². The van der Waals surface area contributed by atoms with Gasteiger partial charge in [0.05, 0.1) is 16.8 Å². The quantitative estimate of drug-likeness (QED) is 0.212. The molecule has 0 radical (unpaired) electrons. The van der Waals surface area contributed by atoms with Crippen molar-refractivity contribution in [1.29, 1.82) is 0 Å². The van der Waals surface area contributed by atoms with Crippen LogP contribution in [0.2, 0.25) is 5.02 Å². The number of halogens is 5. The fourth-order valence-corrected chi connectivity index (χ4v) is 4.39. The van der Waals surface area contributed by atoms with Crippen molar-refractivity contribution in [2.75, 3.05) is 10.6 Å². The molecule has 0 saturated heterocycles. The van der Waals surface area contributed by atoms with Crippen molar-refractivity contribution >= 4 is 40.5 Å². The Morgan fingerprint density at radius 3 is 2.36 bits per heavy atom. The molecule has 2 aromatic heterocycles. The summed E-state index contributed by atoms with van der Waals surface area (Å²) >= 11 is 6.03. The van der Waals surface area contributed by atoms with Gasteiger partial charge in [0.25, 0.3) is 0 Å². The summed E-state index contributed by atoms with van der Waals surface area (Å²) in [7, 11) is 0. The maximum atomic E-state index is 13.7. The summed E-state index contributed by atoms with van der Waals surface area (Å²) in [5, 5.41) is 18.7. The normalized spacial score (nSPS) is 17.3. The molecule has 4 aromatic rings.